The van der Waals surface area contributed by atoms with Gasteiger partial charge in [-0.05, 0) is 104 Å². The number of carbonyl (C=O) groups excluding carboxylic acids is 1. The molecule has 0 radical (unpaired) electrons. The summed E-state index contributed by atoms with van der Waals surface area (Å²) in [6, 6.07) is 20.1. The number of benzene rings is 2. The van der Waals surface area contributed by atoms with Crippen molar-refractivity contribution in [3.8, 4) is 5.75 Å². The molecule has 1 aliphatic rings. The lowest BCUT2D eigenvalue weighted by atomic mass is 9.91. The molecular formula is C39H43N5O6S2. The number of phenolic OH excluding ortho intramolecular Hbond substituents is 1. The molecule has 4 heterocycles. The molecule has 0 amide bonds. The smallest absolute Gasteiger partial charge is 0.349 e. The van der Waals surface area contributed by atoms with Gasteiger partial charge in [0.2, 0.25) is 11.2 Å². The fourth-order valence-corrected chi connectivity index (χ4v) is 8.94. The van der Waals surface area contributed by atoms with Crippen molar-refractivity contribution in [2.75, 3.05) is 20.1 Å². The van der Waals surface area contributed by atoms with E-state index in [4.69, 9.17) is 4.74 Å². The second-order valence-corrected chi connectivity index (χ2v) is 15.4. The van der Waals surface area contributed by atoms with Crippen LogP contribution in [0.4, 0.5) is 0 Å². The molecule has 13 heteroatoms. The van der Waals surface area contributed by atoms with Crippen molar-refractivity contribution in [1.29, 1.82) is 0 Å². The highest BCUT2D eigenvalue weighted by Gasteiger charge is 2.45. The number of aromatic nitrogens is 3. The quantitative estimate of drug-likeness (QED) is 0.0894. The number of esters is 1. The number of carbonyl (C=O) groups is 1. The van der Waals surface area contributed by atoms with Crippen molar-refractivity contribution >= 4 is 50.4 Å². The van der Waals surface area contributed by atoms with Crippen molar-refractivity contribution in [3.63, 3.8) is 0 Å². The molecule has 5 N–H and O–H groups in total. The largest absolute Gasteiger partial charge is 0.506 e. The molecule has 272 valence electrons. The number of hydrogen-bond donors (Lipinski definition) is 5. The topological polar surface area (TPSA) is 153 Å². The zero-order chi connectivity index (χ0) is 36.2. The summed E-state index contributed by atoms with van der Waals surface area (Å²) in [5, 5.41) is 45.9. The maximum Gasteiger partial charge on any atom is 0.349 e. The maximum absolute atomic E-state index is 13.4. The third-order valence-electron chi connectivity index (χ3n) is 10.1. The number of aromatic hydroxyl groups is 1. The predicted octanol–water partition coefficient (Wildman–Crippen LogP) is 5.64. The van der Waals surface area contributed by atoms with Crippen LogP contribution in [0.1, 0.15) is 59.1 Å². The molecule has 1 atom stereocenters. The molecule has 1 saturated carbocycles. The highest BCUT2D eigenvalue weighted by atomic mass is 32.1. The molecule has 52 heavy (non-hydrogen) atoms. The molecule has 0 bridgehead atoms. The Bertz CT molecular complexity index is 2140. The van der Waals surface area contributed by atoms with E-state index in [0.29, 0.717) is 45.4 Å². The van der Waals surface area contributed by atoms with E-state index in [2.05, 4.69) is 45.5 Å². The van der Waals surface area contributed by atoms with Gasteiger partial charge in [0.05, 0.1) is 33.1 Å². The number of thiophene rings is 2. The Hall–Kier alpha value is -4.37. The summed E-state index contributed by atoms with van der Waals surface area (Å²) in [5.74, 6) is -0.629. The number of hydrogen-bond acceptors (Lipinski definition) is 11. The predicted molar refractivity (Wildman–Crippen MR) is 204 cm³/mol. The molecule has 6 aromatic rings. The van der Waals surface area contributed by atoms with Gasteiger partial charge in [0, 0.05) is 42.5 Å². The number of ether oxygens (including phenoxy) is 1. The Balaban J connectivity index is 0.861. The summed E-state index contributed by atoms with van der Waals surface area (Å²) < 4.78 is 7.99. The fraction of sp³-hybridized carbons (Fsp3) is 0.359. The minimum Gasteiger partial charge on any atom is -0.506 e. The average Bonchev–Trinajstić information content (AvgIpc) is 3.96. The molecule has 7 rings (SSSR count). The van der Waals surface area contributed by atoms with Crippen LogP contribution in [0.25, 0.3) is 21.8 Å². The zero-order valence-corrected chi connectivity index (χ0v) is 30.5. The third kappa shape index (κ3) is 7.56. The van der Waals surface area contributed by atoms with E-state index in [1.807, 2.05) is 33.8 Å². The van der Waals surface area contributed by atoms with E-state index in [1.54, 1.807) is 24.3 Å². The highest BCUT2D eigenvalue weighted by Crippen LogP contribution is 2.38. The van der Waals surface area contributed by atoms with Crippen LogP contribution in [0.3, 0.4) is 0 Å². The standard InChI is InChI=1S/C39H43N5O6S2/c1-43(27-8-10-28(11-9-27)50-38(48)39(49,34-5-2-19-51-34)35-6-3-20-52-35)17-4-18-44-31-14-7-25(21-26(31)23-41-44)22-40-24-33(46)29-12-15-32(45)37-30(29)13-16-36(47)42-37/h2-3,5-7,12-16,19-21,23,27-28,33,40,45-46,49H,4,8-11,17-18,22,24H2,1H3,(H,42,47)/t27?,28?,33-/m0/s1. The first-order valence-electron chi connectivity index (χ1n) is 17.6. The van der Waals surface area contributed by atoms with E-state index < -0.39 is 17.7 Å². The first-order valence-corrected chi connectivity index (χ1v) is 19.4. The normalized spacial score (nSPS) is 17.2. The monoisotopic (exact) mass is 741 g/mol. The number of aromatic amines is 1. The van der Waals surface area contributed by atoms with Gasteiger partial charge in [0.25, 0.3) is 0 Å². The van der Waals surface area contributed by atoms with Crippen LogP contribution < -0.4 is 10.9 Å². The Morgan fingerprint density at radius 2 is 1.83 bits per heavy atom. The number of H-pyrrole nitrogens is 1. The molecule has 0 aliphatic heterocycles. The number of phenols is 1. The van der Waals surface area contributed by atoms with E-state index in [1.165, 1.54) is 34.8 Å². The molecule has 2 aromatic carbocycles. The minimum absolute atomic E-state index is 0.0345. The Morgan fingerprint density at radius 1 is 1.08 bits per heavy atom. The zero-order valence-electron chi connectivity index (χ0n) is 28.9. The summed E-state index contributed by atoms with van der Waals surface area (Å²) in [6.45, 7) is 2.57. The van der Waals surface area contributed by atoms with Gasteiger partial charge in [0.1, 0.15) is 11.9 Å². The van der Waals surface area contributed by atoms with Crippen molar-refractivity contribution in [2.45, 2.75) is 69.0 Å². The van der Waals surface area contributed by atoms with Gasteiger partial charge < -0.3 is 35.3 Å². The molecule has 11 nitrogen and oxygen atoms in total. The average molecular weight is 742 g/mol. The van der Waals surface area contributed by atoms with Gasteiger partial charge in [-0.2, -0.15) is 5.10 Å². The van der Waals surface area contributed by atoms with E-state index >= 15 is 0 Å². The van der Waals surface area contributed by atoms with Crippen LogP contribution in [0.5, 0.6) is 5.75 Å². The van der Waals surface area contributed by atoms with Gasteiger partial charge >= 0.3 is 5.97 Å². The second-order valence-electron chi connectivity index (χ2n) is 13.5. The number of pyridine rings is 1. The van der Waals surface area contributed by atoms with E-state index in [-0.39, 0.29) is 17.4 Å². The lowest BCUT2D eigenvalue weighted by Gasteiger charge is -2.35. The van der Waals surface area contributed by atoms with Gasteiger partial charge in [-0.1, -0.05) is 24.3 Å². The van der Waals surface area contributed by atoms with E-state index in [9.17, 15) is 24.9 Å². The lowest BCUT2D eigenvalue weighted by molar-refractivity contribution is -0.169. The number of aliphatic hydroxyl groups is 2. The number of rotatable bonds is 14. The first kappa shape index (κ1) is 36.0. The third-order valence-corrected chi connectivity index (χ3v) is 12.1. The Morgan fingerprint density at radius 3 is 2.54 bits per heavy atom. The lowest BCUT2D eigenvalue weighted by Crippen LogP contribution is -2.42. The van der Waals surface area contributed by atoms with Crippen molar-refractivity contribution < 1.29 is 24.9 Å². The van der Waals surface area contributed by atoms with Gasteiger partial charge in [0.15, 0.2) is 0 Å². The molecule has 0 unspecified atom stereocenters. The van der Waals surface area contributed by atoms with Gasteiger partial charge in [-0.3, -0.25) is 9.48 Å². The summed E-state index contributed by atoms with van der Waals surface area (Å²) in [4.78, 5) is 31.3. The molecule has 1 fully saturated rings. The SMILES string of the molecule is CN(CCCn1ncc2cc(CNC[C@H](O)c3ccc(O)c4[nH]c(=O)ccc34)ccc21)C1CCC(OC(=O)C(O)(c2cccs2)c2cccs2)CC1. The van der Waals surface area contributed by atoms with Crippen LogP contribution in [0, 0.1) is 0 Å². The first-order chi connectivity index (χ1) is 25.2. The van der Waals surface area contributed by atoms with Crippen LogP contribution in [-0.4, -0.2) is 73.2 Å². The minimum atomic E-state index is -1.77. The fourth-order valence-electron chi connectivity index (χ4n) is 7.22. The number of fused-ring (bicyclic) bond motifs is 2. The van der Waals surface area contributed by atoms with Crippen molar-refractivity contribution in [3.05, 3.63) is 115 Å². The summed E-state index contributed by atoms with van der Waals surface area (Å²) in [6.07, 6.45) is 5.18. The molecular weight excluding hydrogens is 699 g/mol. The van der Waals surface area contributed by atoms with Crippen molar-refractivity contribution in [2.24, 2.45) is 0 Å². The van der Waals surface area contributed by atoms with E-state index in [0.717, 1.165) is 61.7 Å². The number of aliphatic hydroxyl groups excluding tert-OH is 1. The van der Waals surface area contributed by atoms with Crippen LogP contribution in [0.2, 0.25) is 0 Å². The highest BCUT2D eigenvalue weighted by molar-refractivity contribution is 7.12. The molecule has 0 saturated heterocycles. The molecule has 1 aliphatic carbocycles. The van der Waals surface area contributed by atoms with Crippen molar-refractivity contribution in [1.82, 2.24) is 25.0 Å². The van der Waals surface area contributed by atoms with Crippen LogP contribution in [-0.2, 0) is 28.2 Å². The summed E-state index contributed by atoms with van der Waals surface area (Å²) >= 11 is 2.71. The Labute approximate surface area is 309 Å². The number of nitrogens with one attached hydrogen (secondary N) is 2. The summed E-state index contributed by atoms with van der Waals surface area (Å²) in [7, 11) is 2.16. The van der Waals surface area contributed by atoms with Gasteiger partial charge in [-0.25, -0.2) is 4.79 Å². The van der Waals surface area contributed by atoms with Gasteiger partial charge in [-0.15, -0.1) is 22.7 Å². The second kappa shape index (κ2) is 15.7. The Kier molecular flexibility index (Phi) is 10.9. The number of aryl methyl sites for hydroxylation is 1. The van der Waals surface area contributed by atoms with Crippen LogP contribution in [0.15, 0.2) is 88.5 Å². The van der Waals surface area contributed by atoms with Crippen LogP contribution >= 0.6 is 22.7 Å². The maximum atomic E-state index is 13.4. The molecule has 4 aromatic heterocycles. The number of nitrogens with zero attached hydrogens (tertiary/aromatic N) is 3. The molecule has 0 spiro atoms. The summed E-state index contributed by atoms with van der Waals surface area (Å²) in [5.41, 5.74) is 1.00.